The van der Waals surface area contributed by atoms with Gasteiger partial charge < -0.3 is 10.6 Å². The van der Waals surface area contributed by atoms with Crippen molar-refractivity contribution in [2.24, 2.45) is 0 Å². The van der Waals surface area contributed by atoms with Crippen LogP contribution < -0.4 is 5.73 Å². The van der Waals surface area contributed by atoms with Crippen LogP contribution in [-0.4, -0.2) is 34.7 Å². The molecule has 15 heavy (non-hydrogen) atoms. The van der Waals surface area contributed by atoms with E-state index >= 15 is 0 Å². The molecule has 0 atom stereocenters. The molecule has 0 saturated carbocycles. The Hall–Kier alpha value is -0.680. The Morgan fingerprint density at radius 3 is 2.53 bits per heavy atom. The van der Waals surface area contributed by atoms with Crippen LogP contribution in [0.5, 0.6) is 0 Å². The van der Waals surface area contributed by atoms with Crippen LogP contribution in [0, 0.1) is 0 Å². The number of rotatable bonds is 3. The molecule has 1 aromatic rings. The van der Waals surface area contributed by atoms with Gasteiger partial charge in [0.1, 0.15) is 5.01 Å². The van der Waals surface area contributed by atoms with E-state index in [4.69, 9.17) is 5.73 Å². The van der Waals surface area contributed by atoms with Gasteiger partial charge in [-0.05, 0) is 25.9 Å². The van der Waals surface area contributed by atoms with Gasteiger partial charge in [0.05, 0.1) is 0 Å². The second kappa shape index (κ2) is 4.06. The SMILES string of the molecule is CC(C)(CN1CCCC1)c1nnc(N)s1. The third-order valence-corrected chi connectivity index (χ3v) is 3.96. The first-order valence-corrected chi connectivity index (χ1v) is 6.21. The summed E-state index contributed by atoms with van der Waals surface area (Å²) in [6.07, 6.45) is 2.66. The summed E-state index contributed by atoms with van der Waals surface area (Å²) in [4.78, 5) is 2.50. The van der Waals surface area contributed by atoms with E-state index in [1.54, 1.807) is 0 Å². The van der Waals surface area contributed by atoms with Crippen molar-refractivity contribution >= 4 is 16.5 Å². The molecule has 0 aromatic carbocycles. The lowest BCUT2D eigenvalue weighted by atomic mass is 9.94. The van der Waals surface area contributed by atoms with Gasteiger partial charge in [-0.25, -0.2) is 0 Å². The molecule has 2 heterocycles. The van der Waals surface area contributed by atoms with E-state index in [9.17, 15) is 0 Å². The van der Waals surface area contributed by atoms with E-state index in [1.807, 2.05) is 0 Å². The lowest BCUT2D eigenvalue weighted by Crippen LogP contribution is -2.35. The molecule has 4 nitrogen and oxygen atoms in total. The van der Waals surface area contributed by atoms with Crippen LogP contribution in [0.3, 0.4) is 0 Å². The third-order valence-electron chi connectivity index (χ3n) is 2.84. The first kappa shape index (κ1) is 10.8. The summed E-state index contributed by atoms with van der Waals surface area (Å²) in [6, 6.07) is 0. The van der Waals surface area contributed by atoms with Crippen LogP contribution in [0.2, 0.25) is 0 Å². The maximum atomic E-state index is 5.61. The number of nitrogen functional groups attached to an aromatic ring is 1. The highest BCUT2D eigenvalue weighted by atomic mass is 32.1. The van der Waals surface area contributed by atoms with Crippen molar-refractivity contribution in [1.29, 1.82) is 0 Å². The summed E-state index contributed by atoms with van der Waals surface area (Å²) < 4.78 is 0. The Bertz CT molecular complexity index is 328. The standard InChI is InChI=1S/C10H18N4S/c1-10(2,7-14-5-3-4-6-14)8-12-13-9(11)15-8/h3-7H2,1-2H3,(H2,11,13). The Morgan fingerprint density at radius 2 is 2.00 bits per heavy atom. The molecule has 5 heteroatoms. The van der Waals surface area contributed by atoms with E-state index < -0.39 is 0 Å². The molecule has 1 fully saturated rings. The number of aromatic nitrogens is 2. The molecule has 2 N–H and O–H groups in total. The fraction of sp³-hybridized carbons (Fsp3) is 0.800. The van der Waals surface area contributed by atoms with E-state index in [-0.39, 0.29) is 5.41 Å². The first-order valence-electron chi connectivity index (χ1n) is 5.40. The maximum Gasteiger partial charge on any atom is 0.203 e. The molecule has 84 valence electrons. The largest absolute Gasteiger partial charge is 0.374 e. The predicted octanol–water partition coefficient (Wildman–Crippen LogP) is 1.49. The highest BCUT2D eigenvalue weighted by molar-refractivity contribution is 7.15. The first-order chi connectivity index (χ1) is 7.08. The highest BCUT2D eigenvalue weighted by Crippen LogP contribution is 2.29. The van der Waals surface area contributed by atoms with Gasteiger partial charge in [0.25, 0.3) is 0 Å². The summed E-state index contributed by atoms with van der Waals surface area (Å²) in [5, 5.41) is 9.65. The van der Waals surface area contributed by atoms with Gasteiger partial charge in [-0.15, -0.1) is 10.2 Å². The summed E-state index contributed by atoms with van der Waals surface area (Å²) in [5.41, 5.74) is 5.68. The molecule has 0 amide bonds. The molecule has 2 rings (SSSR count). The van der Waals surface area contributed by atoms with Crippen molar-refractivity contribution in [3.8, 4) is 0 Å². The van der Waals surface area contributed by atoms with Crippen LogP contribution in [0.1, 0.15) is 31.7 Å². The second-order valence-corrected chi connectivity index (χ2v) is 5.82. The Kier molecular flexibility index (Phi) is 2.93. The molecule has 0 radical (unpaired) electrons. The molecule has 1 saturated heterocycles. The van der Waals surface area contributed by atoms with Crippen LogP contribution in [0.25, 0.3) is 0 Å². The molecule has 1 aliphatic heterocycles. The van der Waals surface area contributed by atoms with Crippen molar-refractivity contribution in [3.63, 3.8) is 0 Å². The smallest absolute Gasteiger partial charge is 0.203 e. The summed E-state index contributed by atoms with van der Waals surface area (Å²) >= 11 is 1.51. The number of likely N-dealkylation sites (tertiary alicyclic amines) is 1. The molecular formula is C10H18N4S. The highest BCUT2D eigenvalue weighted by Gasteiger charge is 2.28. The van der Waals surface area contributed by atoms with Crippen LogP contribution >= 0.6 is 11.3 Å². The maximum absolute atomic E-state index is 5.61. The summed E-state index contributed by atoms with van der Waals surface area (Å²) in [5.74, 6) is 0. The van der Waals surface area contributed by atoms with E-state index in [0.29, 0.717) is 5.13 Å². The average Bonchev–Trinajstić information content (AvgIpc) is 2.75. The number of nitrogens with two attached hydrogens (primary N) is 1. The average molecular weight is 226 g/mol. The molecule has 0 bridgehead atoms. The fourth-order valence-electron chi connectivity index (χ4n) is 2.08. The van der Waals surface area contributed by atoms with Crippen molar-refractivity contribution in [2.45, 2.75) is 32.1 Å². The van der Waals surface area contributed by atoms with Crippen molar-refractivity contribution in [2.75, 3.05) is 25.4 Å². The monoisotopic (exact) mass is 226 g/mol. The summed E-state index contributed by atoms with van der Waals surface area (Å²) in [7, 11) is 0. The molecule has 0 aliphatic carbocycles. The van der Waals surface area contributed by atoms with Gasteiger partial charge in [0.15, 0.2) is 0 Å². The normalized spacial score (nSPS) is 18.5. The summed E-state index contributed by atoms with van der Waals surface area (Å²) in [6.45, 7) is 7.92. The number of hydrogen-bond acceptors (Lipinski definition) is 5. The zero-order valence-electron chi connectivity index (χ0n) is 9.36. The lowest BCUT2D eigenvalue weighted by molar-refractivity contribution is 0.268. The van der Waals surface area contributed by atoms with Gasteiger partial charge in [0.2, 0.25) is 5.13 Å². The molecular weight excluding hydrogens is 208 g/mol. The minimum Gasteiger partial charge on any atom is -0.374 e. The van der Waals surface area contributed by atoms with E-state index in [2.05, 4.69) is 28.9 Å². The van der Waals surface area contributed by atoms with Crippen LogP contribution in [0.4, 0.5) is 5.13 Å². The van der Waals surface area contributed by atoms with Crippen LogP contribution in [-0.2, 0) is 5.41 Å². The number of nitrogens with zero attached hydrogens (tertiary/aromatic N) is 3. The predicted molar refractivity (Wildman–Crippen MR) is 63.0 cm³/mol. The minimum absolute atomic E-state index is 0.0691. The van der Waals surface area contributed by atoms with Crippen molar-refractivity contribution in [3.05, 3.63) is 5.01 Å². The molecule has 1 aromatic heterocycles. The van der Waals surface area contributed by atoms with Gasteiger partial charge in [-0.3, -0.25) is 0 Å². The molecule has 0 unspecified atom stereocenters. The Balaban J connectivity index is 2.05. The van der Waals surface area contributed by atoms with Crippen LogP contribution in [0.15, 0.2) is 0 Å². The zero-order chi connectivity index (χ0) is 10.9. The quantitative estimate of drug-likeness (QED) is 0.848. The van der Waals surface area contributed by atoms with E-state index in [1.165, 1.54) is 37.3 Å². The lowest BCUT2D eigenvalue weighted by Gasteiger charge is -2.27. The van der Waals surface area contributed by atoms with E-state index in [0.717, 1.165) is 11.6 Å². The Labute approximate surface area is 94.5 Å². The molecule has 1 aliphatic rings. The zero-order valence-corrected chi connectivity index (χ0v) is 10.2. The number of hydrogen-bond donors (Lipinski definition) is 1. The topological polar surface area (TPSA) is 55.0 Å². The van der Waals surface area contributed by atoms with Gasteiger partial charge in [-0.1, -0.05) is 25.2 Å². The minimum atomic E-state index is 0.0691. The van der Waals surface area contributed by atoms with Gasteiger partial charge in [-0.2, -0.15) is 0 Å². The fourth-order valence-corrected chi connectivity index (χ4v) is 2.78. The van der Waals surface area contributed by atoms with Gasteiger partial charge >= 0.3 is 0 Å². The van der Waals surface area contributed by atoms with Crippen molar-refractivity contribution in [1.82, 2.24) is 15.1 Å². The van der Waals surface area contributed by atoms with Gasteiger partial charge in [0, 0.05) is 12.0 Å². The van der Waals surface area contributed by atoms with Crippen molar-refractivity contribution < 1.29 is 0 Å². The Morgan fingerprint density at radius 1 is 1.33 bits per heavy atom. The second-order valence-electron chi connectivity index (χ2n) is 4.81. The number of anilines is 1. The molecule has 0 spiro atoms. The third kappa shape index (κ3) is 2.46.